The normalized spacial score (nSPS) is 26.9. The molecule has 2 amide bonds. The number of rotatable bonds is 5. The molecule has 3 rings (SSSR count). The van der Waals surface area contributed by atoms with Crippen molar-refractivity contribution < 1.29 is 9.53 Å². The van der Waals surface area contributed by atoms with Crippen LogP contribution >= 0.6 is 0 Å². The van der Waals surface area contributed by atoms with Crippen LogP contribution in [0.3, 0.4) is 0 Å². The molecule has 2 bridgehead atoms. The van der Waals surface area contributed by atoms with E-state index < -0.39 is 0 Å². The average Bonchev–Trinajstić information content (AvgIpc) is 3.05. The Morgan fingerprint density at radius 2 is 2.43 bits per heavy atom. The Morgan fingerprint density at radius 1 is 1.52 bits per heavy atom. The van der Waals surface area contributed by atoms with Gasteiger partial charge in [0.2, 0.25) is 0 Å². The maximum Gasteiger partial charge on any atom is 0.317 e. The third-order valence-corrected chi connectivity index (χ3v) is 4.48. The van der Waals surface area contributed by atoms with Gasteiger partial charge in [-0.05, 0) is 31.4 Å². The molecule has 0 spiro atoms. The van der Waals surface area contributed by atoms with E-state index in [0.29, 0.717) is 5.92 Å². The lowest BCUT2D eigenvalue weighted by atomic mass is 10.1. The van der Waals surface area contributed by atoms with Gasteiger partial charge in [0.1, 0.15) is 11.9 Å². The molecule has 2 aliphatic rings. The lowest BCUT2D eigenvalue weighted by Gasteiger charge is -2.27. The largest absolute Gasteiger partial charge is 0.486 e. The maximum atomic E-state index is 12.3. The highest BCUT2D eigenvalue weighted by Gasteiger charge is 2.50. The second kappa shape index (κ2) is 6.33. The molecule has 5 nitrogen and oxygen atoms in total. The number of piperidine rings is 1. The van der Waals surface area contributed by atoms with Crippen molar-refractivity contribution in [1.29, 1.82) is 0 Å². The highest BCUT2D eigenvalue weighted by Crippen LogP contribution is 2.40. The molecular formula is C16H23N3O2. The van der Waals surface area contributed by atoms with Crippen molar-refractivity contribution in [3.8, 4) is 5.75 Å². The van der Waals surface area contributed by atoms with Crippen LogP contribution in [0.15, 0.2) is 24.5 Å². The molecule has 0 radical (unpaired) electrons. The summed E-state index contributed by atoms with van der Waals surface area (Å²) in [4.78, 5) is 18.3. The van der Waals surface area contributed by atoms with E-state index in [2.05, 4.69) is 17.2 Å². The molecule has 1 saturated carbocycles. The number of ether oxygens (including phenoxy) is 1. The minimum Gasteiger partial charge on any atom is -0.486 e. The first kappa shape index (κ1) is 14.2. The van der Waals surface area contributed by atoms with E-state index >= 15 is 0 Å². The van der Waals surface area contributed by atoms with Gasteiger partial charge in [0.05, 0.1) is 12.2 Å². The summed E-state index contributed by atoms with van der Waals surface area (Å²) in [7, 11) is 0. The molecular weight excluding hydrogens is 266 g/mol. The predicted octanol–water partition coefficient (Wildman–Crippen LogP) is 2.43. The summed E-state index contributed by atoms with van der Waals surface area (Å²) >= 11 is 0. The van der Waals surface area contributed by atoms with Gasteiger partial charge in [-0.3, -0.25) is 4.98 Å². The van der Waals surface area contributed by atoms with Crippen molar-refractivity contribution in [2.45, 2.75) is 44.8 Å². The van der Waals surface area contributed by atoms with Crippen molar-refractivity contribution in [2.24, 2.45) is 5.92 Å². The van der Waals surface area contributed by atoms with Gasteiger partial charge in [-0.2, -0.15) is 0 Å². The average molecular weight is 289 g/mol. The number of hydrogen-bond acceptors (Lipinski definition) is 3. The molecule has 5 heteroatoms. The number of nitrogens with one attached hydrogen (secondary N) is 1. The SMILES string of the molecule is CCCCNC(=O)N1CC2CCC1C2Oc1cccnc1. The molecule has 2 fully saturated rings. The zero-order valence-corrected chi connectivity index (χ0v) is 12.5. The van der Waals surface area contributed by atoms with Gasteiger partial charge < -0.3 is 15.0 Å². The van der Waals surface area contributed by atoms with Gasteiger partial charge in [0, 0.05) is 25.2 Å². The lowest BCUT2D eigenvalue weighted by molar-refractivity contribution is 0.147. The monoisotopic (exact) mass is 289 g/mol. The lowest BCUT2D eigenvalue weighted by Crippen LogP contribution is -2.46. The number of carbonyl (C=O) groups is 1. The summed E-state index contributed by atoms with van der Waals surface area (Å²) < 4.78 is 6.08. The van der Waals surface area contributed by atoms with Crippen LogP contribution in [0.5, 0.6) is 5.75 Å². The van der Waals surface area contributed by atoms with Gasteiger partial charge in [-0.25, -0.2) is 4.79 Å². The molecule has 114 valence electrons. The highest BCUT2D eigenvalue weighted by molar-refractivity contribution is 5.75. The van der Waals surface area contributed by atoms with Crippen LogP contribution in [0.4, 0.5) is 4.79 Å². The standard InChI is InChI=1S/C16H23N3O2/c1-2-3-9-18-16(20)19-11-12-6-7-14(19)15(12)21-13-5-4-8-17-10-13/h4-5,8,10,12,14-15H,2-3,6-7,9,11H2,1H3,(H,18,20). The van der Waals surface area contributed by atoms with Crippen LogP contribution < -0.4 is 10.1 Å². The number of likely N-dealkylation sites (tertiary alicyclic amines) is 1. The summed E-state index contributed by atoms with van der Waals surface area (Å²) in [5, 5.41) is 3.01. The maximum absolute atomic E-state index is 12.3. The Balaban J connectivity index is 1.60. The predicted molar refractivity (Wildman–Crippen MR) is 80.2 cm³/mol. The molecule has 3 atom stereocenters. The third kappa shape index (κ3) is 2.96. The van der Waals surface area contributed by atoms with Gasteiger partial charge >= 0.3 is 6.03 Å². The summed E-state index contributed by atoms with van der Waals surface area (Å²) in [6.45, 7) is 3.70. The van der Waals surface area contributed by atoms with E-state index in [4.69, 9.17) is 4.74 Å². The molecule has 2 heterocycles. The number of carbonyl (C=O) groups excluding carboxylic acids is 1. The summed E-state index contributed by atoms with van der Waals surface area (Å²) in [5.41, 5.74) is 0. The Kier molecular flexibility index (Phi) is 4.27. The van der Waals surface area contributed by atoms with E-state index in [1.54, 1.807) is 12.4 Å². The number of urea groups is 1. The van der Waals surface area contributed by atoms with Crippen LogP contribution in [-0.2, 0) is 0 Å². The van der Waals surface area contributed by atoms with Crippen molar-refractivity contribution >= 4 is 6.03 Å². The van der Waals surface area contributed by atoms with E-state index in [-0.39, 0.29) is 18.2 Å². The molecule has 1 aromatic heterocycles. The van der Waals surface area contributed by atoms with Crippen molar-refractivity contribution in [3.63, 3.8) is 0 Å². The van der Waals surface area contributed by atoms with Gasteiger partial charge in [-0.1, -0.05) is 13.3 Å². The first-order valence-electron chi connectivity index (χ1n) is 7.90. The zero-order chi connectivity index (χ0) is 14.7. The quantitative estimate of drug-likeness (QED) is 0.847. The van der Waals surface area contributed by atoms with Crippen LogP contribution in [0.25, 0.3) is 0 Å². The van der Waals surface area contributed by atoms with Crippen LogP contribution in [-0.4, -0.2) is 41.2 Å². The first-order chi connectivity index (χ1) is 10.3. The second-order valence-electron chi connectivity index (χ2n) is 5.91. The summed E-state index contributed by atoms with van der Waals surface area (Å²) in [6, 6.07) is 4.07. The fourth-order valence-electron chi connectivity index (χ4n) is 3.40. The van der Waals surface area contributed by atoms with Crippen molar-refractivity contribution in [1.82, 2.24) is 15.2 Å². The fraction of sp³-hybridized carbons (Fsp3) is 0.625. The van der Waals surface area contributed by atoms with Crippen LogP contribution in [0, 0.1) is 5.92 Å². The molecule has 3 unspecified atom stereocenters. The molecule has 21 heavy (non-hydrogen) atoms. The van der Waals surface area contributed by atoms with E-state index in [0.717, 1.165) is 44.5 Å². The van der Waals surface area contributed by atoms with Crippen molar-refractivity contribution in [3.05, 3.63) is 24.5 Å². The minimum atomic E-state index is 0.0652. The van der Waals surface area contributed by atoms with E-state index in [1.807, 2.05) is 17.0 Å². The fourth-order valence-corrected chi connectivity index (χ4v) is 3.40. The number of fused-ring (bicyclic) bond motifs is 2. The first-order valence-corrected chi connectivity index (χ1v) is 7.90. The molecule has 1 aliphatic heterocycles. The Bertz CT molecular complexity index is 480. The molecule has 0 aromatic carbocycles. The number of amides is 2. The second-order valence-corrected chi connectivity index (χ2v) is 5.91. The smallest absolute Gasteiger partial charge is 0.317 e. The van der Waals surface area contributed by atoms with Crippen molar-refractivity contribution in [2.75, 3.05) is 13.1 Å². The van der Waals surface area contributed by atoms with E-state index in [1.165, 1.54) is 0 Å². The van der Waals surface area contributed by atoms with Gasteiger partial charge in [0.25, 0.3) is 0 Å². The number of pyridine rings is 1. The number of nitrogens with zero attached hydrogens (tertiary/aromatic N) is 2. The molecule has 1 aromatic rings. The van der Waals surface area contributed by atoms with Gasteiger partial charge in [-0.15, -0.1) is 0 Å². The van der Waals surface area contributed by atoms with Crippen LogP contribution in [0.1, 0.15) is 32.6 Å². The Hall–Kier alpha value is -1.78. The number of hydrogen-bond donors (Lipinski definition) is 1. The molecule has 1 aliphatic carbocycles. The van der Waals surface area contributed by atoms with E-state index in [9.17, 15) is 4.79 Å². The third-order valence-electron chi connectivity index (χ3n) is 4.48. The number of aromatic nitrogens is 1. The summed E-state index contributed by atoms with van der Waals surface area (Å²) in [6.07, 6.45) is 7.91. The van der Waals surface area contributed by atoms with Gasteiger partial charge in [0.15, 0.2) is 0 Å². The zero-order valence-electron chi connectivity index (χ0n) is 12.5. The number of unbranched alkanes of at least 4 members (excludes halogenated alkanes) is 1. The highest BCUT2D eigenvalue weighted by atomic mass is 16.5. The topological polar surface area (TPSA) is 54.5 Å². The Labute approximate surface area is 125 Å². The molecule has 1 saturated heterocycles. The minimum absolute atomic E-state index is 0.0652. The Morgan fingerprint density at radius 3 is 3.19 bits per heavy atom. The van der Waals surface area contributed by atoms with Crippen LogP contribution in [0.2, 0.25) is 0 Å². The molecule has 1 N–H and O–H groups in total. The summed E-state index contributed by atoms with van der Waals surface area (Å²) in [5.74, 6) is 1.25.